The SMILES string of the molecule is NC1(CCN(CC2CC2)CC2CC2)CCCCC1. The van der Waals surface area contributed by atoms with Gasteiger partial charge in [-0.1, -0.05) is 19.3 Å². The summed E-state index contributed by atoms with van der Waals surface area (Å²) in [5, 5.41) is 0. The standard InChI is InChI=1S/C16H30N2/c17-16(8-2-1-3-9-16)10-11-18(12-14-4-5-14)13-15-6-7-15/h14-15H,1-13,17H2. The molecule has 3 rings (SSSR count). The van der Waals surface area contributed by atoms with Crippen LogP contribution in [0.2, 0.25) is 0 Å². The lowest BCUT2D eigenvalue weighted by molar-refractivity contribution is 0.197. The van der Waals surface area contributed by atoms with Gasteiger partial charge in [-0.05, 0) is 63.3 Å². The third kappa shape index (κ3) is 3.96. The second-order valence-corrected chi connectivity index (χ2v) is 7.32. The number of nitrogens with two attached hydrogens (primary N) is 1. The first-order chi connectivity index (χ1) is 8.73. The fraction of sp³-hybridized carbons (Fsp3) is 1.00. The molecule has 3 aliphatic rings. The Hall–Kier alpha value is -0.0800. The molecule has 0 heterocycles. The van der Waals surface area contributed by atoms with Crippen molar-refractivity contribution in [2.75, 3.05) is 19.6 Å². The molecule has 0 spiro atoms. The van der Waals surface area contributed by atoms with Crippen LogP contribution in [-0.2, 0) is 0 Å². The monoisotopic (exact) mass is 250 g/mol. The molecular weight excluding hydrogens is 220 g/mol. The number of rotatable bonds is 7. The van der Waals surface area contributed by atoms with Gasteiger partial charge < -0.3 is 10.6 Å². The van der Waals surface area contributed by atoms with Crippen molar-refractivity contribution < 1.29 is 0 Å². The Morgan fingerprint density at radius 2 is 1.44 bits per heavy atom. The molecular formula is C16H30N2. The molecule has 0 aliphatic heterocycles. The van der Waals surface area contributed by atoms with E-state index in [1.807, 2.05) is 0 Å². The van der Waals surface area contributed by atoms with E-state index in [1.54, 1.807) is 0 Å². The fourth-order valence-corrected chi connectivity index (χ4v) is 3.47. The smallest absolute Gasteiger partial charge is 0.0166 e. The molecule has 2 nitrogen and oxygen atoms in total. The molecule has 2 heteroatoms. The third-order valence-electron chi connectivity index (χ3n) is 5.20. The van der Waals surface area contributed by atoms with Gasteiger partial charge in [0, 0.05) is 18.6 Å². The van der Waals surface area contributed by atoms with E-state index in [-0.39, 0.29) is 5.54 Å². The summed E-state index contributed by atoms with van der Waals surface area (Å²) in [6.07, 6.45) is 13.8. The van der Waals surface area contributed by atoms with E-state index in [0.717, 1.165) is 11.8 Å². The summed E-state index contributed by atoms with van der Waals surface area (Å²) in [6, 6.07) is 0. The van der Waals surface area contributed by atoms with Crippen LogP contribution in [0.3, 0.4) is 0 Å². The lowest BCUT2D eigenvalue weighted by Gasteiger charge is -2.35. The zero-order valence-corrected chi connectivity index (χ0v) is 11.9. The number of hydrogen-bond acceptors (Lipinski definition) is 2. The highest BCUT2D eigenvalue weighted by Gasteiger charge is 2.32. The van der Waals surface area contributed by atoms with Gasteiger partial charge in [0.15, 0.2) is 0 Å². The van der Waals surface area contributed by atoms with Crippen molar-refractivity contribution in [3.05, 3.63) is 0 Å². The average molecular weight is 250 g/mol. The zero-order chi connectivity index (χ0) is 12.4. The third-order valence-corrected chi connectivity index (χ3v) is 5.20. The minimum absolute atomic E-state index is 0.184. The van der Waals surface area contributed by atoms with Crippen molar-refractivity contribution in [2.24, 2.45) is 17.6 Å². The van der Waals surface area contributed by atoms with Gasteiger partial charge in [0.25, 0.3) is 0 Å². The van der Waals surface area contributed by atoms with Crippen LogP contribution >= 0.6 is 0 Å². The van der Waals surface area contributed by atoms with Gasteiger partial charge in [0.05, 0.1) is 0 Å². The molecule has 2 N–H and O–H groups in total. The first kappa shape index (κ1) is 12.9. The molecule has 0 radical (unpaired) electrons. The van der Waals surface area contributed by atoms with Gasteiger partial charge in [-0.2, -0.15) is 0 Å². The van der Waals surface area contributed by atoms with Gasteiger partial charge in [0.1, 0.15) is 0 Å². The van der Waals surface area contributed by atoms with Crippen molar-refractivity contribution >= 4 is 0 Å². The highest BCUT2D eigenvalue weighted by atomic mass is 15.1. The van der Waals surface area contributed by atoms with Gasteiger partial charge in [-0.25, -0.2) is 0 Å². The molecule has 0 bridgehead atoms. The second-order valence-electron chi connectivity index (χ2n) is 7.32. The van der Waals surface area contributed by atoms with E-state index in [9.17, 15) is 0 Å². The number of hydrogen-bond donors (Lipinski definition) is 1. The van der Waals surface area contributed by atoms with Crippen molar-refractivity contribution in [3.63, 3.8) is 0 Å². The second kappa shape index (κ2) is 5.50. The van der Waals surface area contributed by atoms with Crippen LogP contribution in [0.25, 0.3) is 0 Å². The first-order valence-corrected chi connectivity index (χ1v) is 8.25. The predicted octanol–water partition coefficient (Wildman–Crippen LogP) is 3.16. The lowest BCUT2D eigenvalue weighted by Crippen LogP contribution is -2.45. The predicted molar refractivity (Wildman–Crippen MR) is 76.5 cm³/mol. The molecule has 0 aromatic carbocycles. The molecule has 104 valence electrons. The minimum Gasteiger partial charge on any atom is -0.325 e. The molecule has 0 unspecified atom stereocenters. The minimum atomic E-state index is 0.184. The largest absolute Gasteiger partial charge is 0.325 e. The molecule has 0 aromatic heterocycles. The maximum Gasteiger partial charge on any atom is 0.0166 e. The van der Waals surface area contributed by atoms with Crippen LogP contribution in [0.1, 0.15) is 64.2 Å². The Balaban J connectivity index is 1.44. The molecule has 3 aliphatic carbocycles. The Morgan fingerprint density at radius 3 is 1.94 bits per heavy atom. The first-order valence-electron chi connectivity index (χ1n) is 8.25. The van der Waals surface area contributed by atoms with E-state index in [4.69, 9.17) is 5.73 Å². The van der Waals surface area contributed by atoms with Crippen molar-refractivity contribution in [3.8, 4) is 0 Å². The summed E-state index contributed by atoms with van der Waals surface area (Å²) in [5.41, 5.74) is 6.76. The van der Waals surface area contributed by atoms with E-state index in [0.29, 0.717) is 0 Å². The zero-order valence-electron chi connectivity index (χ0n) is 11.9. The van der Waals surface area contributed by atoms with E-state index in [1.165, 1.54) is 83.8 Å². The van der Waals surface area contributed by atoms with Crippen molar-refractivity contribution in [1.29, 1.82) is 0 Å². The van der Waals surface area contributed by atoms with E-state index in [2.05, 4.69) is 4.90 Å². The summed E-state index contributed by atoms with van der Waals surface area (Å²) < 4.78 is 0. The molecule has 18 heavy (non-hydrogen) atoms. The van der Waals surface area contributed by atoms with Crippen LogP contribution in [0.4, 0.5) is 0 Å². The number of nitrogens with zero attached hydrogens (tertiary/aromatic N) is 1. The normalized spacial score (nSPS) is 27.7. The Morgan fingerprint density at radius 1 is 0.889 bits per heavy atom. The Bertz CT molecular complexity index is 248. The van der Waals surface area contributed by atoms with E-state index < -0.39 is 0 Å². The van der Waals surface area contributed by atoms with Crippen LogP contribution < -0.4 is 5.73 Å². The maximum atomic E-state index is 6.57. The average Bonchev–Trinajstić information content (AvgIpc) is 3.22. The molecule has 0 saturated heterocycles. The topological polar surface area (TPSA) is 29.3 Å². The Kier molecular flexibility index (Phi) is 3.95. The summed E-state index contributed by atoms with van der Waals surface area (Å²) in [7, 11) is 0. The van der Waals surface area contributed by atoms with Crippen LogP contribution in [0.5, 0.6) is 0 Å². The fourth-order valence-electron chi connectivity index (χ4n) is 3.47. The molecule has 3 saturated carbocycles. The summed E-state index contributed by atoms with van der Waals surface area (Å²) in [4.78, 5) is 2.75. The van der Waals surface area contributed by atoms with Gasteiger partial charge in [-0.15, -0.1) is 0 Å². The summed E-state index contributed by atoms with van der Waals surface area (Å²) in [6.45, 7) is 4.00. The highest BCUT2D eigenvalue weighted by molar-refractivity contribution is 4.89. The van der Waals surface area contributed by atoms with Crippen molar-refractivity contribution in [2.45, 2.75) is 69.7 Å². The molecule has 3 fully saturated rings. The van der Waals surface area contributed by atoms with Crippen molar-refractivity contribution in [1.82, 2.24) is 4.90 Å². The molecule has 0 aromatic rings. The van der Waals surface area contributed by atoms with Gasteiger partial charge in [-0.3, -0.25) is 0 Å². The lowest BCUT2D eigenvalue weighted by atomic mass is 9.80. The van der Waals surface area contributed by atoms with Gasteiger partial charge in [0.2, 0.25) is 0 Å². The van der Waals surface area contributed by atoms with Gasteiger partial charge >= 0.3 is 0 Å². The Labute approximate surface area is 112 Å². The van der Waals surface area contributed by atoms with Crippen LogP contribution in [-0.4, -0.2) is 30.1 Å². The van der Waals surface area contributed by atoms with Crippen LogP contribution in [0, 0.1) is 11.8 Å². The van der Waals surface area contributed by atoms with Crippen LogP contribution in [0.15, 0.2) is 0 Å². The summed E-state index contributed by atoms with van der Waals surface area (Å²) >= 11 is 0. The summed E-state index contributed by atoms with van der Waals surface area (Å²) in [5.74, 6) is 2.06. The van der Waals surface area contributed by atoms with E-state index >= 15 is 0 Å². The molecule has 0 amide bonds. The highest BCUT2D eigenvalue weighted by Crippen LogP contribution is 2.35. The maximum absolute atomic E-state index is 6.57. The molecule has 0 atom stereocenters. The quantitative estimate of drug-likeness (QED) is 0.752.